The number of fused-ring (bicyclic) bond motifs is 2. The van der Waals surface area contributed by atoms with E-state index in [1.165, 1.54) is 25.7 Å². The molecule has 3 fully saturated rings. The fourth-order valence-electron chi connectivity index (χ4n) is 4.58. The molecule has 2 saturated heterocycles. The third-order valence-corrected chi connectivity index (χ3v) is 5.76. The molecule has 2 aliphatic heterocycles. The number of hydrogen-bond acceptors (Lipinski definition) is 3. The summed E-state index contributed by atoms with van der Waals surface area (Å²) in [7, 11) is 0. The van der Waals surface area contributed by atoms with Gasteiger partial charge in [0.2, 0.25) is 5.91 Å². The highest BCUT2D eigenvalue weighted by Crippen LogP contribution is 2.38. The quantitative estimate of drug-likeness (QED) is 0.826. The van der Waals surface area contributed by atoms with Crippen molar-refractivity contribution in [3.05, 3.63) is 0 Å². The van der Waals surface area contributed by atoms with Crippen LogP contribution < -0.4 is 5.73 Å². The van der Waals surface area contributed by atoms with E-state index >= 15 is 0 Å². The summed E-state index contributed by atoms with van der Waals surface area (Å²) in [6.07, 6.45) is 9.03. The number of aliphatic hydroxyl groups excluding tert-OH is 1. The standard InChI is InChI=1S/C16H28N2O2/c17-10-12-3-1-11(2-4-12)7-16(20)18-13-5-6-14(18)9-15(19)8-13/h11-15,19H,1-10,17H2. The fraction of sp³-hybridized carbons (Fsp3) is 0.938. The average Bonchev–Trinajstić information content (AvgIpc) is 2.72. The minimum atomic E-state index is -0.184. The Bertz CT molecular complexity index is 338. The molecule has 1 saturated carbocycles. The van der Waals surface area contributed by atoms with Gasteiger partial charge in [-0.3, -0.25) is 4.79 Å². The monoisotopic (exact) mass is 280 g/mol. The minimum absolute atomic E-state index is 0.184. The summed E-state index contributed by atoms with van der Waals surface area (Å²) in [6, 6.07) is 0.633. The molecule has 4 heteroatoms. The van der Waals surface area contributed by atoms with E-state index in [4.69, 9.17) is 5.73 Å². The Hall–Kier alpha value is -0.610. The Labute approximate surface area is 121 Å². The van der Waals surface area contributed by atoms with Gasteiger partial charge in [0.25, 0.3) is 0 Å². The zero-order valence-electron chi connectivity index (χ0n) is 12.3. The molecule has 0 aromatic heterocycles. The summed E-state index contributed by atoms with van der Waals surface area (Å²) >= 11 is 0. The van der Waals surface area contributed by atoms with Crippen molar-refractivity contribution >= 4 is 5.91 Å². The van der Waals surface area contributed by atoms with Gasteiger partial charge in [0.1, 0.15) is 0 Å². The van der Waals surface area contributed by atoms with Crippen molar-refractivity contribution in [1.82, 2.24) is 4.90 Å². The normalized spacial score (nSPS) is 40.9. The van der Waals surface area contributed by atoms with E-state index < -0.39 is 0 Å². The van der Waals surface area contributed by atoms with Gasteiger partial charge in [-0.05, 0) is 69.7 Å². The summed E-state index contributed by atoms with van der Waals surface area (Å²) in [5.74, 6) is 1.60. The summed E-state index contributed by atoms with van der Waals surface area (Å²) in [6.45, 7) is 0.800. The summed E-state index contributed by atoms with van der Waals surface area (Å²) < 4.78 is 0. The van der Waals surface area contributed by atoms with Gasteiger partial charge in [0.15, 0.2) is 0 Å². The van der Waals surface area contributed by atoms with Crippen LogP contribution in [-0.2, 0) is 4.79 Å². The lowest BCUT2D eigenvalue weighted by Gasteiger charge is -2.38. The van der Waals surface area contributed by atoms with Gasteiger partial charge in [0.05, 0.1) is 6.10 Å². The second-order valence-electron chi connectivity index (χ2n) is 7.14. The van der Waals surface area contributed by atoms with Gasteiger partial charge in [-0.1, -0.05) is 0 Å². The van der Waals surface area contributed by atoms with Crippen molar-refractivity contribution < 1.29 is 9.90 Å². The average molecular weight is 280 g/mol. The molecule has 3 rings (SSSR count). The van der Waals surface area contributed by atoms with Crippen molar-refractivity contribution in [1.29, 1.82) is 0 Å². The number of piperidine rings is 1. The van der Waals surface area contributed by atoms with Crippen LogP contribution in [0.4, 0.5) is 0 Å². The first-order chi connectivity index (χ1) is 9.67. The molecular weight excluding hydrogens is 252 g/mol. The molecule has 0 aromatic carbocycles. The van der Waals surface area contributed by atoms with Crippen LogP contribution in [0.1, 0.15) is 57.8 Å². The number of aliphatic hydroxyl groups is 1. The third kappa shape index (κ3) is 2.86. The van der Waals surface area contributed by atoms with Crippen LogP contribution in [0.3, 0.4) is 0 Å². The molecule has 1 aliphatic carbocycles. The Balaban J connectivity index is 1.53. The maximum absolute atomic E-state index is 12.6. The molecule has 2 bridgehead atoms. The van der Waals surface area contributed by atoms with Crippen molar-refractivity contribution in [2.75, 3.05) is 6.54 Å². The summed E-state index contributed by atoms with van der Waals surface area (Å²) in [4.78, 5) is 14.7. The minimum Gasteiger partial charge on any atom is -0.393 e. The number of amides is 1. The maximum atomic E-state index is 12.6. The van der Waals surface area contributed by atoms with E-state index in [-0.39, 0.29) is 6.10 Å². The largest absolute Gasteiger partial charge is 0.393 e. The number of carbonyl (C=O) groups excluding carboxylic acids is 1. The van der Waals surface area contributed by atoms with E-state index in [1.54, 1.807) is 0 Å². The molecule has 2 unspecified atom stereocenters. The van der Waals surface area contributed by atoms with Crippen LogP contribution in [0.2, 0.25) is 0 Å². The van der Waals surface area contributed by atoms with E-state index in [2.05, 4.69) is 4.90 Å². The van der Waals surface area contributed by atoms with Crippen LogP contribution >= 0.6 is 0 Å². The maximum Gasteiger partial charge on any atom is 0.223 e. The number of nitrogens with two attached hydrogens (primary N) is 1. The Morgan fingerprint density at radius 1 is 1.00 bits per heavy atom. The first kappa shape index (κ1) is 14.3. The first-order valence-electron chi connectivity index (χ1n) is 8.36. The number of carbonyl (C=O) groups is 1. The number of rotatable bonds is 3. The van der Waals surface area contributed by atoms with Gasteiger partial charge in [0, 0.05) is 18.5 Å². The molecule has 3 N–H and O–H groups in total. The number of hydrogen-bond donors (Lipinski definition) is 2. The molecule has 20 heavy (non-hydrogen) atoms. The van der Waals surface area contributed by atoms with Crippen molar-refractivity contribution in [2.24, 2.45) is 17.6 Å². The van der Waals surface area contributed by atoms with Gasteiger partial charge >= 0.3 is 0 Å². The summed E-state index contributed by atoms with van der Waals surface area (Å²) in [5, 5.41) is 9.82. The fourth-order valence-corrected chi connectivity index (χ4v) is 4.58. The van der Waals surface area contributed by atoms with Crippen molar-refractivity contribution in [2.45, 2.75) is 76.0 Å². The van der Waals surface area contributed by atoms with Gasteiger partial charge in [-0.25, -0.2) is 0 Å². The lowest BCUT2D eigenvalue weighted by atomic mass is 9.80. The van der Waals surface area contributed by atoms with E-state index in [9.17, 15) is 9.90 Å². The van der Waals surface area contributed by atoms with Gasteiger partial charge in [-0.15, -0.1) is 0 Å². The lowest BCUT2D eigenvalue weighted by Crippen LogP contribution is -2.48. The first-order valence-corrected chi connectivity index (χ1v) is 8.36. The van der Waals surface area contributed by atoms with Crippen molar-refractivity contribution in [3.63, 3.8) is 0 Å². The Kier molecular flexibility index (Phi) is 4.32. The molecule has 0 aromatic rings. The Morgan fingerprint density at radius 2 is 1.55 bits per heavy atom. The van der Waals surface area contributed by atoms with Gasteiger partial charge < -0.3 is 15.7 Å². The highest BCUT2D eigenvalue weighted by molar-refractivity contribution is 5.77. The smallest absolute Gasteiger partial charge is 0.223 e. The molecule has 0 radical (unpaired) electrons. The molecule has 2 atom stereocenters. The lowest BCUT2D eigenvalue weighted by molar-refractivity contribution is -0.138. The molecule has 2 heterocycles. The highest BCUT2D eigenvalue weighted by atomic mass is 16.3. The van der Waals surface area contributed by atoms with E-state index in [1.807, 2.05) is 0 Å². The predicted octanol–water partition coefficient (Wildman–Crippen LogP) is 1.66. The topological polar surface area (TPSA) is 66.6 Å². The van der Waals surface area contributed by atoms with Crippen molar-refractivity contribution in [3.8, 4) is 0 Å². The molecule has 114 valence electrons. The Morgan fingerprint density at radius 3 is 2.10 bits per heavy atom. The second kappa shape index (κ2) is 6.02. The summed E-state index contributed by atoms with van der Waals surface area (Å²) in [5.41, 5.74) is 5.73. The molecular formula is C16H28N2O2. The van der Waals surface area contributed by atoms with E-state index in [0.717, 1.165) is 38.6 Å². The molecule has 3 aliphatic rings. The SMILES string of the molecule is NCC1CCC(CC(=O)N2C3CCC2CC(O)C3)CC1. The molecule has 0 spiro atoms. The van der Waals surface area contributed by atoms with E-state index in [0.29, 0.717) is 29.8 Å². The number of nitrogens with zero attached hydrogens (tertiary/aromatic N) is 1. The zero-order valence-corrected chi connectivity index (χ0v) is 12.3. The second-order valence-corrected chi connectivity index (χ2v) is 7.14. The van der Waals surface area contributed by atoms with Crippen LogP contribution in [0, 0.1) is 11.8 Å². The predicted molar refractivity (Wildman–Crippen MR) is 78.0 cm³/mol. The third-order valence-electron chi connectivity index (χ3n) is 5.76. The zero-order chi connectivity index (χ0) is 14.1. The molecule has 4 nitrogen and oxygen atoms in total. The van der Waals surface area contributed by atoms with Crippen LogP contribution in [0.15, 0.2) is 0 Å². The van der Waals surface area contributed by atoms with Crippen LogP contribution in [-0.4, -0.2) is 40.6 Å². The van der Waals surface area contributed by atoms with Gasteiger partial charge in [-0.2, -0.15) is 0 Å². The highest BCUT2D eigenvalue weighted by Gasteiger charge is 2.42. The van der Waals surface area contributed by atoms with Crippen LogP contribution in [0.25, 0.3) is 0 Å². The van der Waals surface area contributed by atoms with Crippen LogP contribution in [0.5, 0.6) is 0 Å². The molecule has 1 amide bonds.